The van der Waals surface area contributed by atoms with Gasteiger partial charge in [0.2, 0.25) is 0 Å². The predicted octanol–water partition coefficient (Wildman–Crippen LogP) is 1.63. The summed E-state index contributed by atoms with van der Waals surface area (Å²) in [6.45, 7) is 0. The van der Waals surface area contributed by atoms with Crippen LogP contribution in [0.2, 0.25) is 0 Å². The van der Waals surface area contributed by atoms with E-state index in [0.29, 0.717) is 5.69 Å². The molecular weight excluding hydrogens is 279 g/mol. The first kappa shape index (κ1) is 10.4. The molecule has 0 saturated heterocycles. The number of fused-ring (bicyclic) bond motifs is 1. The minimum absolute atomic E-state index is 0.0108. The Kier molecular flexibility index (Phi) is 2.39. The van der Waals surface area contributed by atoms with E-state index in [4.69, 9.17) is 5.73 Å². The molecule has 0 aliphatic rings. The third-order valence-electron chi connectivity index (χ3n) is 2.65. The molecule has 0 amide bonds. The normalized spacial score (nSPS) is 10.8. The number of aromatic nitrogens is 1. The van der Waals surface area contributed by atoms with E-state index in [0.717, 1.165) is 15.3 Å². The van der Waals surface area contributed by atoms with Crippen LogP contribution in [0.1, 0.15) is 0 Å². The summed E-state index contributed by atoms with van der Waals surface area (Å²) in [5.41, 5.74) is 7.43. The number of hydrogen-bond acceptors (Lipinski definition) is 2. The Morgan fingerprint density at radius 1 is 1.00 bits per heavy atom. The number of benzene rings is 2. The number of nitrogen functional groups attached to an aromatic ring is 1. The predicted molar refractivity (Wildman–Crippen MR) is 70.9 cm³/mol. The molecule has 0 bridgehead atoms. The fraction of sp³-hybridized carbons (Fsp3) is 0. The molecule has 3 rings (SSSR count). The van der Waals surface area contributed by atoms with Crippen LogP contribution in [0, 0.1) is 0 Å². The Hall–Kier alpha value is -1.77. The van der Waals surface area contributed by atoms with Gasteiger partial charge < -0.3 is 0 Å². The van der Waals surface area contributed by atoms with Crippen molar-refractivity contribution in [2.24, 2.45) is 0 Å². The fourth-order valence-electron chi connectivity index (χ4n) is 1.80. The van der Waals surface area contributed by atoms with Crippen molar-refractivity contribution in [3.8, 4) is 5.69 Å². The van der Waals surface area contributed by atoms with Crippen molar-refractivity contribution in [2.45, 2.75) is 0 Å². The first-order valence-electron chi connectivity index (χ1n) is 5.23. The second-order valence-electron chi connectivity index (χ2n) is 3.75. The number of rotatable bonds is 1. The first-order valence-corrected chi connectivity index (χ1v) is 6.85. The zero-order valence-corrected chi connectivity index (χ0v) is 10.7. The van der Waals surface area contributed by atoms with Gasteiger partial charge in [0.15, 0.2) is 0 Å². The number of nitrogens with zero attached hydrogens (tertiary/aromatic N) is 1. The van der Waals surface area contributed by atoms with Crippen LogP contribution in [0.25, 0.3) is 15.3 Å². The van der Waals surface area contributed by atoms with E-state index >= 15 is 0 Å². The summed E-state index contributed by atoms with van der Waals surface area (Å²) in [6, 6.07) is 15.2. The van der Waals surface area contributed by atoms with Crippen molar-refractivity contribution < 1.29 is 0 Å². The van der Waals surface area contributed by atoms with Crippen LogP contribution in [0.3, 0.4) is 0 Å². The van der Waals surface area contributed by atoms with Gasteiger partial charge in [-0.25, -0.2) is 0 Å². The van der Waals surface area contributed by atoms with Crippen molar-refractivity contribution >= 4 is 30.1 Å². The van der Waals surface area contributed by atoms with Gasteiger partial charge in [-0.1, -0.05) is 0 Å². The summed E-state index contributed by atoms with van der Waals surface area (Å²) >= 11 is -0.0108. The molecule has 0 atom stereocenters. The van der Waals surface area contributed by atoms with Crippen molar-refractivity contribution in [2.75, 3.05) is 5.73 Å². The average Bonchev–Trinajstić information content (AvgIpc) is 2.68. The molecule has 1 aromatic heterocycles. The van der Waals surface area contributed by atoms with Crippen LogP contribution >= 0.6 is 0 Å². The molecular formula is C13H10N2OSe. The maximum atomic E-state index is 12.2. The topological polar surface area (TPSA) is 48.0 Å². The Bertz CT molecular complexity index is 742. The Morgan fingerprint density at radius 2 is 1.71 bits per heavy atom. The van der Waals surface area contributed by atoms with E-state index in [-0.39, 0.29) is 20.3 Å². The van der Waals surface area contributed by atoms with Crippen LogP contribution in [0.15, 0.2) is 53.3 Å². The number of para-hydroxylation sites is 2. The summed E-state index contributed by atoms with van der Waals surface area (Å²) in [5, 5.41) is 0.802. The van der Waals surface area contributed by atoms with Gasteiger partial charge in [-0.05, 0) is 0 Å². The van der Waals surface area contributed by atoms with E-state index in [9.17, 15) is 4.79 Å². The second kappa shape index (κ2) is 3.91. The third kappa shape index (κ3) is 1.62. The minimum atomic E-state index is -0.0108. The molecule has 17 heavy (non-hydrogen) atoms. The number of hydrogen-bond donors (Lipinski definition) is 1. The number of nitrogens with two attached hydrogens (primary N) is 1. The molecule has 0 spiro atoms. The van der Waals surface area contributed by atoms with E-state index in [1.807, 2.05) is 48.5 Å². The molecule has 0 unspecified atom stereocenters. The molecule has 3 aromatic rings. The molecule has 2 aromatic carbocycles. The Labute approximate surface area is 104 Å². The van der Waals surface area contributed by atoms with Crippen LogP contribution < -0.4 is 11.3 Å². The van der Waals surface area contributed by atoms with Crippen LogP contribution in [0.4, 0.5) is 5.69 Å². The van der Waals surface area contributed by atoms with Crippen molar-refractivity contribution in [1.82, 2.24) is 3.56 Å². The van der Waals surface area contributed by atoms with Gasteiger partial charge in [-0.2, -0.15) is 0 Å². The molecule has 4 heteroatoms. The Morgan fingerprint density at radius 3 is 2.47 bits per heavy atom. The standard InChI is InChI=1S/C13H10N2OSe/c14-10-6-2-3-7-11(10)15-13(16)9-5-1-4-8-12(9)17-15/h1-8H,14H2. The summed E-state index contributed by atoms with van der Waals surface area (Å²) in [6.07, 6.45) is 0. The van der Waals surface area contributed by atoms with E-state index in [1.165, 1.54) is 0 Å². The van der Waals surface area contributed by atoms with Crippen molar-refractivity contribution in [3.05, 3.63) is 58.9 Å². The van der Waals surface area contributed by atoms with Gasteiger partial charge in [0.25, 0.3) is 0 Å². The molecule has 3 nitrogen and oxygen atoms in total. The van der Waals surface area contributed by atoms with E-state index in [1.54, 1.807) is 3.56 Å². The summed E-state index contributed by atoms with van der Waals surface area (Å²) in [4.78, 5) is 12.2. The first-order chi connectivity index (χ1) is 8.27. The zero-order chi connectivity index (χ0) is 11.8. The second-order valence-corrected chi connectivity index (χ2v) is 5.82. The molecule has 0 aliphatic carbocycles. The molecule has 0 fully saturated rings. The average molecular weight is 289 g/mol. The molecule has 0 saturated carbocycles. The molecule has 0 radical (unpaired) electrons. The van der Waals surface area contributed by atoms with Crippen LogP contribution in [-0.4, -0.2) is 18.3 Å². The summed E-state index contributed by atoms with van der Waals surface area (Å²) in [5.74, 6) is 0. The van der Waals surface area contributed by atoms with Gasteiger partial charge in [0.1, 0.15) is 0 Å². The third-order valence-corrected chi connectivity index (χ3v) is 4.95. The SMILES string of the molecule is Nc1ccccc1-n1[se]c2ccccc2c1=O. The molecule has 0 aliphatic heterocycles. The maximum absolute atomic E-state index is 12.2. The van der Waals surface area contributed by atoms with E-state index < -0.39 is 0 Å². The van der Waals surface area contributed by atoms with Gasteiger partial charge >= 0.3 is 104 Å². The monoisotopic (exact) mass is 290 g/mol. The summed E-state index contributed by atoms with van der Waals surface area (Å²) in [7, 11) is 0. The van der Waals surface area contributed by atoms with Gasteiger partial charge in [-0.3, -0.25) is 0 Å². The Balaban J connectivity index is 2.36. The summed E-state index contributed by atoms with van der Waals surface area (Å²) < 4.78 is 2.90. The molecule has 1 heterocycles. The fourth-order valence-corrected chi connectivity index (χ4v) is 3.98. The quantitative estimate of drug-likeness (QED) is 0.547. The molecule has 84 valence electrons. The van der Waals surface area contributed by atoms with Crippen LogP contribution in [-0.2, 0) is 0 Å². The zero-order valence-electron chi connectivity index (χ0n) is 8.96. The van der Waals surface area contributed by atoms with Crippen molar-refractivity contribution in [1.29, 1.82) is 0 Å². The van der Waals surface area contributed by atoms with Gasteiger partial charge in [-0.15, -0.1) is 0 Å². The van der Waals surface area contributed by atoms with Crippen molar-refractivity contribution in [3.63, 3.8) is 0 Å². The van der Waals surface area contributed by atoms with Gasteiger partial charge in [0.05, 0.1) is 0 Å². The van der Waals surface area contributed by atoms with E-state index in [2.05, 4.69) is 0 Å². The van der Waals surface area contributed by atoms with Crippen LogP contribution in [0.5, 0.6) is 0 Å². The van der Waals surface area contributed by atoms with Gasteiger partial charge in [0, 0.05) is 0 Å². The molecule has 2 N–H and O–H groups in total. The number of anilines is 1.